The van der Waals surface area contributed by atoms with Gasteiger partial charge < -0.3 is 9.80 Å². The highest BCUT2D eigenvalue weighted by Crippen LogP contribution is 2.19. The quantitative estimate of drug-likeness (QED) is 0.729. The van der Waals surface area contributed by atoms with Crippen LogP contribution in [-0.4, -0.2) is 47.0 Å². The molecule has 1 aliphatic rings. The number of nitrogens with zero attached hydrogens (tertiary/aromatic N) is 4. The van der Waals surface area contributed by atoms with E-state index in [1.54, 1.807) is 12.3 Å². The zero-order valence-electron chi connectivity index (χ0n) is 13.3. The first-order chi connectivity index (χ1) is 11.8. The van der Waals surface area contributed by atoms with Crippen molar-refractivity contribution in [1.29, 1.82) is 0 Å². The highest BCUT2D eigenvalue weighted by molar-refractivity contribution is 5.92. The molecule has 1 saturated heterocycles. The Morgan fingerprint density at radius 1 is 0.875 bits per heavy atom. The summed E-state index contributed by atoms with van der Waals surface area (Å²) in [6, 6.07) is 17.7. The van der Waals surface area contributed by atoms with Crippen molar-refractivity contribution in [2.24, 2.45) is 0 Å². The third kappa shape index (κ3) is 2.80. The molecule has 24 heavy (non-hydrogen) atoms. The number of para-hydroxylation sites is 1. The van der Waals surface area contributed by atoms with Gasteiger partial charge in [0.05, 0.1) is 5.52 Å². The fourth-order valence-electron chi connectivity index (χ4n) is 3.02. The van der Waals surface area contributed by atoms with Crippen LogP contribution >= 0.6 is 0 Å². The van der Waals surface area contributed by atoms with E-state index < -0.39 is 0 Å². The highest BCUT2D eigenvalue weighted by Gasteiger charge is 2.23. The lowest BCUT2D eigenvalue weighted by Gasteiger charge is -2.35. The molecule has 0 aliphatic carbocycles. The van der Waals surface area contributed by atoms with Crippen LogP contribution in [-0.2, 0) is 0 Å². The van der Waals surface area contributed by atoms with Gasteiger partial charge in [-0.25, -0.2) is 4.98 Å². The van der Waals surface area contributed by atoms with Gasteiger partial charge in [0.1, 0.15) is 11.5 Å². The average molecular weight is 318 g/mol. The van der Waals surface area contributed by atoms with E-state index in [0.29, 0.717) is 18.8 Å². The number of rotatable bonds is 2. The Balaban J connectivity index is 1.46. The summed E-state index contributed by atoms with van der Waals surface area (Å²) < 4.78 is 0. The normalized spacial score (nSPS) is 14.8. The van der Waals surface area contributed by atoms with Gasteiger partial charge in [-0.05, 0) is 30.3 Å². The second-order valence-corrected chi connectivity index (χ2v) is 5.86. The molecule has 5 nitrogen and oxygen atoms in total. The van der Waals surface area contributed by atoms with Crippen LogP contribution in [0.4, 0.5) is 5.82 Å². The van der Waals surface area contributed by atoms with Gasteiger partial charge in [-0.2, -0.15) is 0 Å². The van der Waals surface area contributed by atoms with Gasteiger partial charge in [-0.3, -0.25) is 9.78 Å². The number of piperazine rings is 1. The summed E-state index contributed by atoms with van der Waals surface area (Å²) in [5.41, 5.74) is 1.51. The number of anilines is 1. The van der Waals surface area contributed by atoms with Gasteiger partial charge in [0.15, 0.2) is 0 Å². The van der Waals surface area contributed by atoms with Crippen LogP contribution in [0, 0.1) is 0 Å². The minimum absolute atomic E-state index is 0.00159. The molecule has 0 spiro atoms. The standard InChI is InChI=1S/C19H18N4O/c24-19(17-7-3-4-10-20-17)23-13-11-22(12-14-23)18-9-8-15-5-1-2-6-16(15)21-18/h1-10H,11-14H2. The Labute approximate surface area is 140 Å². The summed E-state index contributed by atoms with van der Waals surface area (Å²) in [5.74, 6) is 0.973. The monoisotopic (exact) mass is 318 g/mol. The van der Waals surface area contributed by atoms with E-state index in [2.05, 4.69) is 28.1 Å². The van der Waals surface area contributed by atoms with Gasteiger partial charge in [-0.15, -0.1) is 0 Å². The summed E-state index contributed by atoms with van der Waals surface area (Å²) in [4.78, 5) is 25.4. The first kappa shape index (κ1) is 14.6. The van der Waals surface area contributed by atoms with E-state index in [9.17, 15) is 4.79 Å². The van der Waals surface area contributed by atoms with E-state index >= 15 is 0 Å². The Bertz CT molecular complexity index is 857. The van der Waals surface area contributed by atoms with Crippen molar-refractivity contribution < 1.29 is 4.79 Å². The molecular weight excluding hydrogens is 300 g/mol. The zero-order valence-corrected chi connectivity index (χ0v) is 13.3. The number of carbonyl (C=O) groups excluding carboxylic acids is 1. The minimum atomic E-state index is 0.00159. The third-order valence-corrected chi connectivity index (χ3v) is 4.36. The molecule has 0 radical (unpaired) electrons. The van der Waals surface area contributed by atoms with Crippen LogP contribution in [0.15, 0.2) is 60.8 Å². The van der Waals surface area contributed by atoms with E-state index in [1.807, 2.05) is 35.2 Å². The maximum Gasteiger partial charge on any atom is 0.272 e. The predicted molar refractivity (Wildman–Crippen MR) is 94.1 cm³/mol. The van der Waals surface area contributed by atoms with Gasteiger partial charge in [0.2, 0.25) is 0 Å². The lowest BCUT2D eigenvalue weighted by molar-refractivity contribution is 0.0740. The number of amides is 1. The lowest BCUT2D eigenvalue weighted by atomic mass is 10.2. The van der Waals surface area contributed by atoms with Crippen molar-refractivity contribution in [2.45, 2.75) is 0 Å². The second-order valence-electron chi connectivity index (χ2n) is 5.86. The number of pyridine rings is 2. The fourth-order valence-corrected chi connectivity index (χ4v) is 3.02. The molecule has 0 unspecified atom stereocenters. The minimum Gasteiger partial charge on any atom is -0.353 e. The van der Waals surface area contributed by atoms with Crippen molar-refractivity contribution in [2.75, 3.05) is 31.1 Å². The molecule has 1 fully saturated rings. The highest BCUT2D eigenvalue weighted by atomic mass is 16.2. The summed E-state index contributed by atoms with van der Waals surface area (Å²) >= 11 is 0. The SMILES string of the molecule is O=C(c1ccccn1)N1CCN(c2ccc3ccccc3n2)CC1. The maximum absolute atomic E-state index is 12.4. The van der Waals surface area contributed by atoms with Crippen molar-refractivity contribution in [1.82, 2.24) is 14.9 Å². The molecule has 0 saturated carbocycles. The molecule has 1 amide bonds. The second kappa shape index (κ2) is 6.28. The number of hydrogen-bond acceptors (Lipinski definition) is 4. The van der Waals surface area contributed by atoms with Crippen molar-refractivity contribution in [3.8, 4) is 0 Å². The summed E-state index contributed by atoms with van der Waals surface area (Å²) in [7, 11) is 0. The molecular formula is C19H18N4O. The fraction of sp³-hybridized carbons (Fsp3) is 0.211. The molecule has 0 atom stereocenters. The first-order valence-electron chi connectivity index (χ1n) is 8.12. The zero-order chi connectivity index (χ0) is 16.4. The van der Waals surface area contributed by atoms with Crippen LogP contribution in [0.5, 0.6) is 0 Å². The smallest absolute Gasteiger partial charge is 0.272 e. The molecule has 1 aliphatic heterocycles. The van der Waals surface area contributed by atoms with Crippen molar-refractivity contribution in [3.05, 3.63) is 66.5 Å². The summed E-state index contributed by atoms with van der Waals surface area (Å²) in [6.07, 6.45) is 1.66. The number of carbonyl (C=O) groups is 1. The third-order valence-electron chi connectivity index (χ3n) is 4.36. The number of hydrogen-bond donors (Lipinski definition) is 0. The maximum atomic E-state index is 12.4. The number of fused-ring (bicyclic) bond motifs is 1. The van der Waals surface area contributed by atoms with Gasteiger partial charge in [0.25, 0.3) is 5.91 Å². The van der Waals surface area contributed by atoms with Crippen molar-refractivity contribution >= 4 is 22.6 Å². The van der Waals surface area contributed by atoms with Crippen LogP contribution in [0.25, 0.3) is 10.9 Å². The Hall–Kier alpha value is -2.95. The molecule has 3 heterocycles. The topological polar surface area (TPSA) is 49.3 Å². The molecule has 5 heteroatoms. The van der Waals surface area contributed by atoms with E-state index in [0.717, 1.165) is 29.8 Å². The van der Waals surface area contributed by atoms with Crippen molar-refractivity contribution in [3.63, 3.8) is 0 Å². The van der Waals surface area contributed by atoms with Gasteiger partial charge >= 0.3 is 0 Å². The Morgan fingerprint density at radius 2 is 1.67 bits per heavy atom. The first-order valence-corrected chi connectivity index (χ1v) is 8.12. The van der Waals surface area contributed by atoms with Gasteiger partial charge in [0, 0.05) is 37.8 Å². The Morgan fingerprint density at radius 3 is 2.46 bits per heavy atom. The Kier molecular flexibility index (Phi) is 3.83. The summed E-state index contributed by atoms with van der Waals surface area (Å²) in [6.45, 7) is 2.93. The molecule has 1 aromatic carbocycles. The molecule has 0 bridgehead atoms. The van der Waals surface area contributed by atoms with E-state index in [4.69, 9.17) is 4.98 Å². The lowest BCUT2D eigenvalue weighted by Crippen LogP contribution is -2.49. The molecule has 0 N–H and O–H groups in total. The van der Waals surface area contributed by atoms with Crippen LogP contribution in [0.1, 0.15) is 10.5 Å². The summed E-state index contributed by atoms with van der Waals surface area (Å²) in [5, 5.41) is 1.14. The molecule has 2 aromatic heterocycles. The predicted octanol–water partition coefficient (Wildman–Crippen LogP) is 2.59. The average Bonchev–Trinajstić information content (AvgIpc) is 2.68. The van der Waals surface area contributed by atoms with E-state index in [1.165, 1.54) is 0 Å². The van der Waals surface area contributed by atoms with Crippen LogP contribution in [0.3, 0.4) is 0 Å². The van der Waals surface area contributed by atoms with Gasteiger partial charge in [-0.1, -0.05) is 24.3 Å². The van der Waals surface area contributed by atoms with Crippen LogP contribution < -0.4 is 4.90 Å². The largest absolute Gasteiger partial charge is 0.353 e. The molecule has 4 rings (SSSR count). The molecule has 120 valence electrons. The number of benzene rings is 1. The van der Waals surface area contributed by atoms with Crippen LogP contribution in [0.2, 0.25) is 0 Å². The molecule has 3 aromatic rings. The number of aromatic nitrogens is 2. The van der Waals surface area contributed by atoms with E-state index in [-0.39, 0.29) is 5.91 Å².